The first-order valence-corrected chi connectivity index (χ1v) is 11.7. The normalized spacial score (nSPS) is 16.5. The van der Waals surface area contributed by atoms with Crippen LogP contribution in [0.2, 0.25) is 0 Å². The van der Waals surface area contributed by atoms with Crippen molar-refractivity contribution in [1.29, 1.82) is 0 Å². The second kappa shape index (κ2) is 9.00. The molecular formula is C20H20N4O4S2. The second-order valence-electron chi connectivity index (χ2n) is 6.75. The summed E-state index contributed by atoms with van der Waals surface area (Å²) in [5.74, 6) is -0.457. The maximum absolute atomic E-state index is 12.6. The monoisotopic (exact) mass is 444 g/mol. The van der Waals surface area contributed by atoms with Gasteiger partial charge in [0.2, 0.25) is 15.2 Å². The van der Waals surface area contributed by atoms with Gasteiger partial charge < -0.3 is 4.74 Å². The molecule has 156 valence electrons. The van der Waals surface area contributed by atoms with Crippen molar-refractivity contribution in [2.24, 2.45) is 0 Å². The molecule has 10 heteroatoms. The van der Waals surface area contributed by atoms with Crippen molar-refractivity contribution in [1.82, 2.24) is 14.9 Å². The van der Waals surface area contributed by atoms with Gasteiger partial charge in [-0.15, -0.1) is 10.2 Å². The average molecular weight is 445 g/mol. The van der Waals surface area contributed by atoms with E-state index in [0.717, 1.165) is 18.4 Å². The Bertz CT molecular complexity index is 1130. The highest BCUT2D eigenvalue weighted by molar-refractivity contribution is 7.89. The summed E-state index contributed by atoms with van der Waals surface area (Å²) in [4.78, 5) is 12.6. The lowest BCUT2D eigenvalue weighted by Crippen LogP contribution is -2.32. The van der Waals surface area contributed by atoms with E-state index in [2.05, 4.69) is 20.2 Å². The molecule has 0 saturated carbocycles. The molecule has 4 rings (SSSR count). The number of nitrogens with zero attached hydrogens (tertiary/aromatic N) is 2. The van der Waals surface area contributed by atoms with E-state index in [1.165, 1.54) is 29.5 Å². The van der Waals surface area contributed by atoms with Gasteiger partial charge in [-0.2, -0.15) is 0 Å². The van der Waals surface area contributed by atoms with E-state index in [9.17, 15) is 13.2 Å². The molecule has 1 aromatic heterocycles. The maximum atomic E-state index is 12.6. The lowest BCUT2D eigenvalue weighted by molar-refractivity contribution is 0.102. The van der Waals surface area contributed by atoms with Gasteiger partial charge in [0.05, 0.1) is 11.0 Å². The lowest BCUT2D eigenvalue weighted by Gasteiger charge is -2.12. The van der Waals surface area contributed by atoms with Gasteiger partial charge in [-0.1, -0.05) is 47.7 Å². The zero-order valence-electron chi connectivity index (χ0n) is 15.9. The Balaban J connectivity index is 1.44. The fourth-order valence-corrected chi connectivity index (χ4v) is 4.89. The standard InChI is InChI=1S/C20H20N4O4S2/c25-18(22-20-24-23-19(29-20)14-6-2-1-3-7-14)15-8-4-10-17(12-15)30(26,27)21-13-16-9-5-11-28-16/h1-4,6-8,10,12,16,21H,5,9,11,13H2,(H,22,24,25). The summed E-state index contributed by atoms with van der Waals surface area (Å²) < 4.78 is 33.1. The number of nitrogens with one attached hydrogen (secondary N) is 2. The van der Waals surface area contributed by atoms with Crippen molar-refractivity contribution in [2.75, 3.05) is 18.5 Å². The van der Waals surface area contributed by atoms with E-state index in [0.29, 0.717) is 16.7 Å². The van der Waals surface area contributed by atoms with Crippen LogP contribution in [-0.4, -0.2) is 43.8 Å². The first kappa shape index (κ1) is 20.6. The van der Waals surface area contributed by atoms with Crippen molar-refractivity contribution in [3.05, 3.63) is 60.2 Å². The molecule has 1 aliphatic rings. The summed E-state index contributed by atoms with van der Waals surface area (Å²) in [5.41, 5.74) is 1.12. The third kappa shape index (κ3) is 4.90. The van der Waals surface area contributed by atoms with Crippen LogP contribution in [0, 0.1) is 0 Å². The number of ether oxygens (including phenoxy) is 1. The molecule has 1 unspecified atom stereocenters. The summed E-state index contributed by atoms with van der Waals surface area (Å²) >= 11 is 1.24. The van der Waals surface area contributed by atoms with Gasteiger partial charge in [-0.05, 0) is 31.0 Å². The Labute approximate surface area is 178 Å². The molecule has 0 spiro atoms. The molecule has 30 heavy (non-hydrogen) atoms. The van der Waals surface area contributed by atoms with Crippen molar-refractivity contribution >= 4 is 32.4 Å². The highest BCUT2D eigenvalue weighted by Gasteiger charge is 2.21. The highest BCUT2D eigenvalue weighted by atomic mass is 32.2. The topological polar surface area (TPSA) is 110 Å². The molecule has 2 aromatic carbocycles. The molecule has 0 radical (unpaired) electrons. The second-order valence-corrected chi connectivity index (χ2v) is 9.49. The fourth-order valence-electron chi connectivity index (χ4n) is 3.04. The van der Waals surface area contributed by atoms with Gasteiger partial charge in [0.15, 0.2) is 0 Å². The van der Waals surface area contributed by atoms with Crippen molar-refractivity contribution < 1.29 is 17.9 Å². The zero-order valence-corrected chi connectivity index (χ0v) is 17.6. The summed E-state index contributed by atoms with van der Waals surface area (Å²) in [5, 5.41) is 11.8. The van der Waals surface area contributed by atoms with Gasteiger partial charge in [-0.25, -0.2) is 13.1 Å². The van der Waals surface area contributed by atoms with Crippen LogP contribution in [0.15, 0.2) is 59.5 Å². The van der Waals surface area contributed by atoms with Gasteiger partial charge in [0, 0.05) is 24.3 Å². The minimum absolute atomic E-state index is 0.0235. The fraction of sp³-hybridized carbons (Fsp3) is 0.250. The first-order chi connectivity index (χ1) is 14.5. The molecule has 1 fully saturated rings. The average Bonchev–Trinajstić information content (AvgIpc) is 3.45. The highest BCUT2D eigenvalue weighted by Crippen LogP contribution is 2.26. The van der Waals surface area contributed by atoms with Gasteiger partial charge in [0.25, 0.3) is 5.91 Å². The van der Waals surface area contributed by atoms with Crippen LogP contribution in [0.1, 0.15) is 23.2 Å². The number of aromatic nitrogens is 2. The molecule has 0 aliphatic carbocycles. The summed E-state index contributed by atoms with van der Waals surface area (Å²) in [7, 11) is -3.74. The maximum Gasteiger partial charge on any atom is 0.257 e. The molecule has 2 N–H and O–H groups in total. The van der Waals surface area contributed by atoms with Gasteiger partial charge in [0.1, 0.15) is 5.01 Å². The number of hydrogen-bond donors (Lipinski definition) is 2. The number of sulfonamides is 1. The van der Waals surface area contributed by atoms with Gasteiger partial charge >= 0.3 is 0 Å². The molecular weight excluding hydrogens is 424 g/mol. The number of carbonyl (C=O) groups excluding carboxylic acids is 1. The summed E-state index contributed by atoms with van der Waals surface area (Å²) in [6, 6.07) is 15.4. The van der Waals surface area contributed by atoms with Crippen LogP contribution in [0.4, 0.5) is 5.13 Å². The molecule has 1 saturated heterocycles. The molecule has 0 bridgehead atoms. The summed E-state index contributed by atoms with van der Waals surface area (Å²) in [6.45, 7) is 0.867. The SMILES string of the molecule is O=C(Nc1nnc(-c2ccccc2)s1)c1cccc(S(=O)(=O)NCC2CCCO2)c1. The van der Waals surface area contributed by atoms with Crippen LogP contribution in [0.3, 0.4) is 0 Å². The van der Waals surface area contributed by atoms with E-state index in [-0.39, 0.29) is 23.1 Å². The van der Waals surface area contributed by atoms with Crippen LogP contribution in [0.5, 0.6) is 0 Å². The largest absolute Gasteiger partial charge is 0.377 e. The Morgan fingerprint density at radius 3 is 2.73 bits per heavy atom. The van der Waals surface area contributed by atoms with Crippen LogP contribution in [0.25, 0.3) is 10.6 Å². The van der Waals surface area contributed by atoms with Crippen LogP contribution < -0.4 is 10.0 Å². The van der Waals surface area contributed by atoms with E-state index >= 15 is 0 Å². The molecule has 1 atom stereocenters. The van der Waals surface area contributed by atoms with Crippen molar-refractivity contribution in [3.63, 3.8) is 0 Å². The molecule has 1 aliphatic heterocycles. The third-order valence-corrected chi connectivity index (χ3v) is 6.91. The number of rotatable bonds is 7. The Morgan fingerprint density at radius 2 is 1.97 bits per heavy atom. The number of hydrogen-bond acceptors (Lipinski definition) is 7. The molecule has 2 heterocycles. The number of amides is 1. The Kier molecular flexibility index (Phi) is 6.18. The number of anilines is 1. The van der Waals surface area contributed by atoms with Crippen molar-refractivity contribution in [3.8, 4) is 10.6 Å². The van der Waals surface area contributed by atoms with E-state index in [4.69, 9.17) is 4.74 Å². The first-order valence-electron chi connectivity index (χ1n) is 9.43. The van der Waals surface area contributed by atoms with E-state index < -0.39 is 15.9 Å². The lowest BCUT2D eigenvalue weighted by atomic mass is 10.2. The predicted octanol–water partition coefficient (Wildman–Crippen LogP) is 2.91. The van der Waals surface area contributed by atoms with E-state index in [1.807, 2.05) is 30.3 Å². The molecule has 8 nitrogen and oxygen atoms in total. The smallest absolute Gasteiger partial charge is 0.257 e. The minimum atomic E-state index is -3.74. The zero-order chi connectivity index (χ0) is 21.0. The Hall–Kier alpha value is -2.66. The van der Waals surface area contributed by atoms with Gasteiger partial charge in [-0.3, -0.25) is 10.1 Å². The number of carbonyl (C=O) groups is 1. The summed E-state index contributed by atoms with van der Waals surface area (Å²) in [6.07, 6.45) is 1.65. The van der Waals surface area contributed by atoms with Crippen molar-refractivity contribution in [2.45, 2.75) is 23.8 Å². The third-order valence-electron chi connectivity index (χ3n) is 4.60. The minimum Gasteiger partial charge on any atom is -0.377 e. The van der Waals surface area contributed by atoms with E-state index in [1.54, 1.807) is 6.07 Å². The van der Waals surface area contributed by atoms with Crippen LogP contribution >= 0.6 is 11.3 Å². The quantitative estimate of drug-likeness (QED) is 0.580. The number of benzene rings is 2. The molecule has 3 aromatic rings. The Morgan fingerprint density at radius 1 is 1.13 bits per heavy atom. The molecule has 1 amide bonds. The van der Waals surface area contributed by atoms with Crippen LogP contribution in [-0.2, 0) is 14.8 Å². The predicted molar refractivity (Wildman–Crippen MR) is 114 cm³/mol.